The largest absolute Gasteiger partial charge is 0.356 e. The number of aryl methyl sites for hydroxylation is 2. The number of nitrogens with one attached hydrogen (secondary N) is 1. The maximum Gasteiger partial charge on any atom is 0.193 e. The highest BCUT2D eigenvalue weighted by Crippen LogP contribution is 2.42. The molecule has 4 rings (SSSR count). The fourth-order valence-corrected chi connectivity index (χ4v) is 5.54. The van der Waals surface area contributed by atoms with E-state index >= 15 is 0 Å². The zero-order valence-electron chi connectivity index (χ0n) is 17.2. The first-order chi connectivity index (χ1) is 13.2. The Labute approximate surface area is 163 Å². The minimum absolute atomic E-state index is 0.547. The summed E-state index contributed by atoms with van der Waals surface area (Å²) in [6.45, 7) is 6.44. The van der Waals surface area contributed by atoms with E-state index in [1.807, 2.05) is 7.05 Å². The van der Waals surface area contributed by atoms with Crippen LogP contribution in [0.5, 0.6) is 0 Å². The summed E-state index contributed by atoms with van der Waals surface area (Å²) in [5.41, 5.74) is 0.547. The van der Waals surface area contributed by atoms with Crippen LogP contribution in [0, 0.1) is 18.3 Å². The zero-order chi connectivity index (χ0) is 18.7. The third-order valence-electron chi connectivity index (χ3n) is 7.12. The van der Waals surface area contributed by atoms with Crippen LogP contribution in [0.15, 0.2) is 4.99 Å². The second-order valence-electron chi connectivity index (χ2n) is 9.05. The van der Waals surface area contributed by atoms with Crippen LogP contribution in [0.4, 0.5) is 0 Å². The lowest BCUT2D eigenvalue weighted by atomic mass is 9.74. The van der Waals surface area contributed by atoms with E-state index in [9.17, 15) is 0 Å². The Morgan fingerprint density at radius 3 is 2.70 bits per heavy atom. The van der Waals surface area contributed by atoms with Crippen molar-refractivity contribution >= 4 is 5.96 Å². The molecule has 3 aliphatic rings. The molecule has 1 aliphatic carbocycles. The lowest BCUT2D eigenvalue weighted by Crippen LogP contribution is -2.51. The predicted molar refractivity (Wildman–Crippen MR) is 109 cm³/mol. The number of hydrogen-bond acceptors (Lipinski definition) is 3. The highest BCUT2D eigenvalue weighted by atomic mass is 15.3. The van der Waals surface area contributed by atoms with E-state index < -0.39 is 0 Å². The lowest BCUT2D eigenvalue weighted by Gasteiger charge is -2.44. The Balaban J connectivity index is 1.34. The molecule has 1 saturated heterocycles. The van der Waals surface area contributed by atoms with Crippen LogP contribution >= 0.6 is 0 Å². The molecule has 1 aromatic heterocycles. The maximum atomic E-state index is 4.65. The number of guanidine groups is 1. The molecule has 1 atom stereocenters. The molecular formula is C21H36N6. The van der Waals surface area contributed by atoms with E-state index in [1.165, 1.54) is 64.3 Å². The van der Waals surface area contributed by atoms with Crippen molar-refractivity contribution in [1.29, 1.82) is 0 Å². The van der Waals surface area contributed by atoms with Gasteiger partial charge in [-0.2, -0.15) is 0 Å². The van der Waals surface area contributed by atoms with Gasteiger partial charge in [-0.25, -0.2) is 0 Å². The van der Waals surface area contributed by atoms with Crippen LogP contribution in [0.1, 0.15) is 69.4 Å². The van der Waals surface area contributed by atoms with Crippen LogP contribution in [0.2, 0.25) is 0 Å². The van der Waals surface area contributed by atoms with Crippen molar-refractivity contribution < 1.29 is 0 Å². The summed E-state index contributed by atoms with van der Waals surface area (Å²) in [6, 6.07) is 0. The summed E-state index contributed by atoms with van der Waals surface area (Å²) >= 11 is 0. The van der Waals surface area contributed by atoms with Crippen molar-refractivity contribution in [2.45, 2.75) is 77.7 Å². The third kappa shape index (κ3) is 4.14. The Hall–Kier alpha value is -1.59. The molecular weight excluding hydrogens is 336 g/mol. The lowest BCUT2D eigenvalue weighted by molar-refractivity contribution is 0.115. The summed E-state index contributed by atoms with van der Waals surface area (Å²) in [4.78, 5) is 7.20. The number of aliphatic imine (C=N–C) groups is 1. The van der Waals surface area contributed by atoms with Crippen LogP contribution in [-0.4, -0.2) is 52.3 Å². The minimum atomic E-state index is 0.547. The number of fused-ring (bicyclic) bond motifs is 1. The van der Waals surface area contributed by atoms with Gasteiger partial charge in [0.25, 0.3) is 0 Å². The van der Waals surface area contributed by atoms with Gasteiger partial charge in [-0.15, -0.1) is 10.2 Å². The van der Waals surface area contributed by atoms with Crippen molar-refractivity contribution in [2.75, 3.05) is 26.7 Å². The molecule has 150 valence electrons. The van der Waals surface area contributed by atoms with Gasteiger partial charge in [0.2, 0.25) is 0 Å². The van der Waals surface area contributed by atoms with Gasteiger partial charge in [0, 0.05) is 39.6 Å². The topological polar surface area (TPSA) is 58.3 Å². The molecule has 1 saturated carbocycles. The normalized spacial score (nSPS) is 25.9. The van der Waals surface area contributed by atoms with Gasteiger partial charge >= 0.3 is 0 Å². The smallest absolute Gasteiger partial charge is 0.193 e. The Morgan fingerprint density at radius 2 is 1.93 bits per heavy atom. The van der Waals surface area contributed by atoms with E-state index in [-0.39, 0.29) is 0 Å². The molecule has 0 aromatic carbocycles. The molecule has 1 spiro atoms. The highest BCUT2D eigenvalue weighted by Gasteiger charge is 2.36. The molecule has 6 nitrogen and oxygen atoms in total. The average Bonchev–Trinajstić information content (AvgIpc) is 2.91. The van der Waals surface area contributed by atoms with Gasteiger partial charge in [-0.3, -0.25) is 4.99 Å². The molecule has 0 radical (unpaired) electrons. The molecule has 2 fully saturated rings. The first-order valence-corrected chi connectivity index (χ1v) is 11.0. The molecule has 6 heteroatoms. The van der Waals surface area contributed by atoms with Gasteiger partial charge in [-0.05, 0) is 50.4 Å². The zero-order valence-corrected chi connectivity index (χ0v) is 17.2. The van der Waals surface area contributed by atoms with E-state index in [0.717, 1.165) is 43.7 Å². The predicted octanol–water partition coefficient (Wildman–Crippen LogP) is 3.16. The Bertz CT molecular complexity index is 656. The number of rotatable bonds is 2. The molecule has 3 heterocycles. The van der Waals surface area contributed by atoms with Gasteiger partial charge in [0.15, 0.2) is 5.96 Å². The first-order valence-electron chi connectivity index (χ1n) is 11.0. The molecule has 2 aliphatic heterocycles. The number of nitrogens with zero attached hydrogens (tertiary/aromatic N) is 5. The average molecular weight is 373 g/mol. The molecule has 1 aromatic rings. The van der Waals surface area contributed by atoms with Gasteiger partial charge in [-0.1, -0.05) is 25.7 Å². The highest BCUT2D eigenvalue weighted by molar-refractivity contribution is 5.80. The van der Waals surface area contributed by atoms with Gasteiger partial charge in [0.1, 0.15) is 11.6 Å². The van der Waals surface area contributed by atoms with Crippen molar-refractivity contribution in [2.24, 2.45) is 16.3 Å². The molecule has 0 bridgehead atoms. The Morgan fingerprint density at radius 1 is 1.15 bits per heavy atom. The van der Waals surface area contributed by atoms with E-state index in [4.69, 9.17) is 0 Å². The summed E-state index contributed by atoms with van der Waals surface area (Å²) in [7, 11) is 1.94. The number of hydrogen-bond donors (Lipinski definition) is 1. The quantitative estimate of drug-likeness (QED) is 0.640. The maximum absolute atomic E-state index is 4.65. The Kier molecular flexibility index (Phi) is 5.69. The van der Waals surface area contributed by atoms with Crippen LogP contribution in [-0.2, 0) is 13.0 Å². The van der Waals surface area contributed by atoms with Crippen LogP contribution < -0.4 is 5.32 Å². The minimum Gasteiger partial charge on any atom is -0.356 e. The SMILES string of the molecule is CN=C(NCC1CCc2nnc(C)n2C1)N1CCCC2(CCCCCC2)C1. The summed E-state index contributed by atoms with van der Waals surface area (Å²) in [5, 5.41) is 12.2. The van der Waals surface area contributed by atoms with Crippen LogP contribution in [0.25, 0.3) is 0 Å². The number of piperidine rings is 1. The molecule has 0 amide bonds. The summed E-state index contributed by atoms with van der Waals surface area (Å²) < 4.78 is 2.29. The van der Waals surface area contributed by atoms with Gasteiger partial charge in [0.05, 0.1) is 0 Å². The standard InChI is InChI=1S/C21H36N6/c1-17-24-25-19-9-8-18(15-27(17)19)14-23-20(22-2)26-13-7-12-21(16-26)10-5-3-4-6-11-21/h18H,3-16H2,1-2H3,(H,22,23). The fraction of sp³-hybridized carbons (Fsp3) is 0.857. The van der Waals surface area contributed by atoms with Crippen molar-refractivity contribution in [3.8, 4) is 0 Å². The monoisotopic (exact) mass is 372 g/mol. The van der Waals surface area contributed by atoms with E-state index in [2.05, 4.69) is 36.9 Å². The molecule has 1 unspecified atom stereocenters. The summed E-state index contributed by atoms with van der Waals surface area (Å²) in [5.74, 6) is 3.94. The van der Waals surface area contributed by atoms with E-state index in [1.54, 1.807) is 0 Å². The van der Waals surface area contributed by atoms with E-state index in [0.29, 0.717) is 11.3 Å². The second-order valence-corrected chi connectivity index (χ2v) is 9.05. The first kappa shape index (κ1) is 18.8. The number of aromatic nitrogens is 3. The molecule has 1 N–H and O–H groups in total. The van der Waals surface area contributed by atoms with Crippen molar-refractivity contribution in [3.05, 3.63) is 11.6 Å². The van der Waals surface area contributed by atoms with Crippen molar-refractivity contribution in [3.63, 3.8) is 0 Å². The van der Waals surface area contributed by atoms with Gasteiger partial charge < -0.3 is 14.8 Å². The van der Waals surface area contributed by atoms with Crippen LogP contribution in [0.3, 0.4) is 0 Å². The summed E-state index contributed by atoms with van der Waals surface area (Å²) in [6.07, 6.45) is 13.5. The second kappa shape index (κ2) is 8.19. The van der Waals surface area contributed by atoms with Crippen molar-refractivity contribution in [1.82, 2.24) is 25.0 Å². The third-order valence-corrected chi connectivity index (χ3v) is 7.12. The fourth-order valence-electron chi connectivity index (χ4n) is 5.54. The number of likely N-dealkylation sites (tertiary alicyclic amines) is 1. The molecule has 27 heavy (non-hydrogen) atoms.